The van der Waals surface area contributed by atoms with E-state index >= 15 is 0 Å². The van der Waals surface area contributed by atoms with Crippen LogP contribution >= 0.6 is 22.6 Å². The van der Waals surface area contributed by atoms with Crippen LogP contribution in [0.15, 0.2) is 24.3 Å². The largest absolute Gasteiger partial charge is 0.469 e. The van der Waals surface area contributed by atoms with Crippen molar-refractivity contribution in [3.63, 3.8) is 0 Å². The van der Waals surface area contributed by atoms with Crippen molar-refractivity contribution in [3.8, 4) is 0 Å². The molecule has 0 saturated heterocycles. The van der Waals surface area contributed by atoms with Gasteiger partial charge in [-0.15, -0.1) is 0 Å². The molecular weight excluding hydrogens is 339 g/mol. The molecule has 1 unspecified atom stereocenters. The van der Waals surface area contributed by atoms with Gasteiger partial charge in [-0.1, -0.05) is 53.3 Å². The summed E-state index contributed by atoms with van der Waals surface area (Å²) in [6.07, 6.45) is 4.97. The topological polar surface area (TPSA) is 26.3 Å². The van der Waals surface area contributed by atoms with E-state index < -0.39 is 0 Å². The van der Waals surface area contributed by atoms with Gasteiger partial charge in [-0.25, -0.2) is 0 Å². The number of hydrogen-bond acceptors (Lipinski definition) is 2. The average molecular weight is 360 g/mol. The Morgan fingerprint density at radius 3 is 2.44 bits per heavy atom. The highest BCUT2D eigenvalue weighted by Gasteiger charge is 2.14. The van der Waals surface area contributed by atoms with Gasteiger partial charge >= 0.3 is 5.97 Å². The number of methoxy groups -OCH3 is 1. The van der Waals surface area contributed by atoms with Crippen molar-refractivity contribution in [1.29, 1.82) is 0 Å². The van der Waals surface area contributed by atoms with E-state index in [0.717, 1.165) is 12.0 Å². The molecule has 0 aliphatic carbocycles. The lowest BCUT2D eigenvalue weighted by atomic mass is 9.98. The van der Waals surface area contributed by atoms with Gasteiger partial charge in [-0.05, 0) is 41.7 Å². The number of unbranched alkanes of at least 4 members (excludes halogenated alkanes) is 2. The molecule has 100 valence electrons. The summed E-state index contributed by atoms with van der Waals surface area (Å²) in [5.74, 6) is -0.354. The molecule has 0 aliphatic rings. The zero-order chi connectivity index (χ0) is 13.4. The van der Waals surface area contributed by atoms with Gasteiger partial charge in [-0.2, -0.15) is 0 Å². The van der Waals surface area contributed by atoms with Crippen LogP contribution in [0.2, 0.25) is 0 Å². The van der Waals surface area contributed by atoms with Crippen LogP contribution in [0.4, 0.5) is 0 Å². The average Bonchev–Trinajstić information content (AvgIpc) is 2.42. The summed E-state index contributed by atoms with van der Waals surface area (Å²) in [6, 6.07) is 8.32. The summed E-state index contributed by atoms with van der Waals surface area (Å²) in [7, 11) is 1.43. The normalized spacial score (nSPS) is 12.2. The lowest BCUT2D eigenvalue weighted by Gasteiger charge is -2.10. The van der Waals surface area contributed by atoms with Gasteiger partial charge in [0.25, 0.3) is 0 Å². The van der Waals surface area contributed by atoms with Crippen molar-refractivity contribution in [2.45, 2.75) is 38.5 Å². The Hall–Kier alpha value is -0.580. The molecule has 0 saturated carbocycles. The zero-order valence-corrected chi connectivity index (χ0v) is 13.3. The van der Waals surface area contributed by atoms with Gasteiger partial charge in [-0.3, -0.25) is 4.79 Å². The second-order valence-corrected chi connectivity index (χ2v) is 5.56. The van der Waals surface area contributed by atoms with Crippen LogP contribution < -0.4 is 0 Å². The molecule has 0 bridgehead atoms. The Kier molecular flexibility index (Phi) is 7.32. The quantitative estimate of drug-likeness (QED) is 0.317. The third-order valence-electron chi connectivity index (χ3n) is 3.13. The van der Waals surface area contributed by atoms with Crippen molar-refractivity contribution in [3.05, 3.63) is 35.4 Å². The molecule has 0 radical (unpaired) electrons. The molecule has 18 heavy (non-hydrogen) atoms. The predicted molar refractivity (Wildman–Crippen MR) is 83.3 cm³/mol. The number of hydrogen-bond donors (Lipinski definition) is 0. The molecule has 0 aliphatic heterocycles. The minimum absolute atomic E-state index is 0.176. The molecule has 1 rings (SSSR count). The number of carbonyl (C=O) groups excluding carboxylic acids is 1. The van der Waals surface area contributed by atoms with E-state index in [1.54, 1.807) is 0 Å². The highest BCUT2D eigenvalue weighted by molar-refractivity contribution is 14.1. The minimum atomic E-state index is -0.178. The maximum absolute atomic E-state index is 11.4. The molecule has 1 atom stereocenters. The summed E-state index contributed by atoms with van der Waals surface area (Å²) >= 11 is 2.42. The monoisotopic (exact) mass is 360 g/mol. The standard InChI is InChI=1S/C15H21IO2/c1-12(15(17)18-2)14-9-7-13(8-10-14)6-4-3-5-11-16/h7-10,12H,3-6,11H2,1-2H3. The van der Waals surface area contributed by atoms with E-state index in [9.17, 15) is 4.79 Å². The van der Waals surface area contributed by atoms with Gasteiger partial charge < -0.3 is 4.74 Å². The van der Waals surface area contributed by atoms with Crippen LogP contribution in [-0.4, -0.2) is 17.5 Å². The first-order valence-electron chi connectivity index (χ1n) is 6.41. The smallest absolute Gasteiger partial charge is 0.312 e. The molecule has 0 amide bonds. The summed E-state index contributed by atoms with van der Waals surface area (Å²) in [6.45, 7) is 1.88. The van der Waals surface area contributed by atoms with Gasteiger partial charge in [0.15, 0.2) is 0 Å². The fraction of sp³-hybridized carbons (Fsp3) is 0.533. The first-order chi connectivity index (χ1) is 8.69. The third kappa shape index (κ3) is 4.96. The van der Waals surface area contributed by atoms with Crippen LogP contribution in [0.1, 0.15) is 43.2 Å². The van der Waals surface area contributed by atoms with E-state index in [1.807, 2.05) is 19.1 Å². The summed E-state index contributed by atoms with van der Waals surface area (Å²) in [5.41, 5.74) is 2.38. The lowest BCUT2D eigenvalue weighted by molar-refractivity contribution is -0.141. The van der Waals surface area contributed by atoms with Crippen molar-refractivity contribution in [1.82, 2.24) is 0 Å². The second-order valence-electron chi connectivity index (χ2n) is 4.49. The van der Waals surface area contributed by atoms with Crippen molar-refractivity contribution in [2.75, 3.05) is 11.5 Å². The fourth-order valence-electron chi connectivity index (χ4n) is 1.89. The maximum Gasteiger partial charge on any atom is 0.312 e. The number of alkyl halides is 1. The van der Waals surface area contributed by atoms with Gasteiger partial charge in [0.05, 0.1) is 13.0 Å². The van der Waals surface area contributed by atoms with Crippen LogP contribution in [0.25, 0.3) is 0 Å². The molecule has 0 spiro atoms. The predicted octanol–water partition coefficient (Wildman–Crippen LogP) is 4.11. The SMILES string of the molecule is COC(=O)C(C)c1ccc(CCCCCI)cc1. The number of aryl methyl sites for hydroxylation is 1. The summed E-state index contributed by atoms with van der Waals surface area (Å²) in [4.78, 5) is 11.4. The highest BCUT2D eigenvalue weighted by atomic mass is 127. The van der Waals surface area contributed by atoms with Crippen molar-refractivity contribution in [2.24, 2.45) is 0 Å². The number of benzene rings is 1. The van der Waals surface area contributed by atoms with E-state index in [1.165, 1.54) is 36.4 Å². The van der Waals surface area contributed by atoms with Crippen LogP contribution in [0.5, 0.6) is 0 Å². The number of halogens is 1. The molecule has 0 aromatic heterocycles. The Morgan fingerprint density at radius 2 is 1.89 bits per heavy atom. The number of carbonyl (C=O) groups is 1. The van der Waals surface area contributed by atoms with Crippen LogP contribution in [0, 0.1) is 0 Å². The lowest BCUT2D eigenvalue weighted by Crippen LogP contribution is -2.10. The first kappa shape index (κ1) is 15.5. The van der Waals surface area contributed by atoms with Crippen LogP contribution in [-0.2, 0) is 16.0 Å². The van der Waals surface area contributed by atoms with Gasteiger partial charge in [0.2, 0.25) is 0 Å². The molecular formula is C15H21IO2. The molecule has 2 nitrogen and oxygen atoms in total. The number of ether oxygens (including phenoxy) is 1. The molecule has 0 fully saturated rings. The second kappa shape index (κ2) is 8.51. The van der Waals surface area contributed by atoms with Gasteiger partial charge in [0, 0.05) is 0 Å². The van der Waals surface area contributed by atoms with Crippen molar-refractivity contribution < 1.29 is 9.53 Å². The summed E-state index contributed by atoms with van der Waals surface area (Å²) < 4.78 is 5.99. The summed E-state index contributed by atoms with van der Waals surface area (Å²) in [5, 5.41) is 0. The number of esters is 1. The third-order valence-corrected chi connectivity index (χ3v) is 3.90. The minimum Gasteiger partial charge on any atom is -0.469 e. The molecule has 3 heteroatoms. The molecule has 1 aromatic rings. The fourth-order valence-corrected chi connectivity index (χ4v) is 2.43. The Labute approximate surface area is 123 Å². The van der Waals surface area contributed by atoms with E-state index in [2.05, 4.69) is 34.7 Å². The number of rotatable bonds is 7. The maximum atomic E-state index is 11.4. The highest BCUT2D eigenvalue weighted by Crippen LogP contribution is 2.18. The molecule has 0 N–H and O–H groups in total. The Bertz CT molecular complexity index is 359. The Balaban J connectivity index is 2.49. The van der Waals surface area contributed by atoms with Crippen LogP contribution in [0.3, 0.4) is 0 Å². The zero-order valence-electron chi connectivity index (χ0n) is 11.1. The van der Waals surface area contributed by atoms with Gasteiger partial charge in [0.1, 0.15) is 0 Å². The first-order valence-corrected chi connectivity index (χ1v) is 7.94. The van der Waals surface area contributed by atoms with E-state index in [4.69, 9.17) is 4.74 Å². The van der Waals surface area contributed by atoms with E-state index in [0.29, 0.717) is 0 Å². The van der Waals surface area contributed by atoms with Crippen molar-refractivity contribution >= 4 is 28.6 Å². The van der Waals surface area contributed by atoms with E-state index in [-0.39, 0.29) is 11.9 Å². The Morgan fingerprint density at radius 1 is 1.22 bits per heavy atom. The molecule has 1 aromatic carbocycles. The molecule has 0 heterocycles.